The van der Waals surface area contributed by atoms with E-state index in [2.05, 4.69) is 22.2 Å². The van der Waals surface area contributed by atoms with Crippen LogP contribution in [-0.4, -0.2) is 99.9 Å². The normalized spacial score (nSPS) is 28.6. The summed E-state index contributed by atoms with van der Waals surface area (Å²) in [4.78, 5) is 52.3. The van der Waals surface area contributed by atoms with Crippen LogP contribution in [0.1, 0.15) is 77.7 Å². The van der Waals surface area contributed by atoms with E-state index in [-0.39, 0.29) is 25.2 Å². The van der Waals surface area contributed by atoms with E-state index in [1.807, 2.05) is 26.8 Å². The molecule has 1 aliphatic carbocycles. The minimum absolute atomic E-state index is 0.0461. The number of nitrogens with zero attached hydrogens (tertiary/aromatic N) is 4. The Morgan fingerprint density at radius 3 is 2.61 bits per heavy atom. The fraction of sp³-hybridized carbons (Fsp3) is 0.676. The van der Waals surface area contributed by atoms with E-state index in [0.29, 0.717) is 23.7 Å². The van der Waals surface area contributed by atoms with Crippen molar-refractivity contribution >= 4 is 28.9 Å². The molecule has 2 aromatic heterocycles. The number of hydrogen-bond donors (Lipinski definition) is 2. The lowest BCUT2D eigenvalue weighted by Crippen LogP contribution is -2.57. The lowest BCUT2D eigenvalue weighted by molar-refractivity contribution is -0.150. The van der Waals surface area contributed by atoms with Crippen molar-refractivity contribution in [2.24, 2.45) is 11.3 Å². The van der Waals surface area contributed by atoms with Crippen LogP contribution in [0.25, 0.3) is 10.9 Å². The Bertz CT molecular complexity index is 1450. The number of likely N-dealkylation sites (tertiary alicyclic amines) is 1. The van der Waals surface area contributed by atoms with Crippen LogP contribution in [-0.2, 0) is 20.7 Å². The van der Waals surface area contributed by atoms with Crippen molar-refractivity contribution < 1.29 is 33.7 Å². The van der Waals surface area contributed by atoms with Gasteiger partial charge in [0.1, 0.15) is 36.1 Å². The van der Waals surface area contributed by atoms with Gasteiger partial charge in [-0.25, -0.2) is 14.6 Å². The summed E-state index contributed by atoms with van der Waals surface area (Å²) in [5.74, 6) is -0.128. The maximum Gasteiger partial charge on any atom is 0.408 e. The average molecular weight is 638 g/mol. The molecule has 0 radical (unpaired) electrons. The topological polar surface area (TPSA) is 143 Å². The third-order valence-corrected chi connectivity index (χ3v) is 9.85. The molecule has 6 rings (SSSR count). The van der Waals surface area contributed by atoms with Crippen LogP contribution >= 0.6 is 0 Å². The second kappa shape index (κ2) is 13.2. The zero-order valence-corrected chi connectivity index (χ0v) is 27.4. The van der Waals surface area contributed by atoms with Crippen LogP contribution in [0.2, 0.25) is 0 Å². The fourth-order valence-electron chi connectivity index (χ4n) is 6.99. The molecule has 2 saturated heterocycles. The first-order valence-corrected chi connectivity index (χ1v) is 16.8. The summed E-state index contributed by atoms with van der Waals surface area (Å²) in [6.45, 7) is 7.48. The van der Waals surface area contributed by atoms with E-state index < -0.39 is 41.6 Å². The summed E-state index contributed by atoms with van der Waals surface area (Å²) in [6, 6.07) is -0.257. The predicted molar refractivity (Wildman–Crippen MR) is 170 cm³/mol. The number of amides is 2. The van der Waals surface area contributed by atoms with E-state index in [1.54, 1.807) is 12.4 Å². The first kappa shape index (κ1) is 32.3. The largest absolute Gasteiger partial charge is 0.489 e. The van der Waals surface area contributed by atoms with Crippen LogP contribution in [0.3, 0.4) is 0 Å². The number of carbonyl (C=O) groups is 3. The summed E-state index contributed by atoms with van der Waals surface area (Å²) in [5, 5.41) is 13.8. The van der Waals surface area contributed by atoms with Crippen molar-refractivity contribution in [2.45, 2.75) is 109 Å². The van der Waals surface area contributed by atoms with Gasteiger partial charge in [0, 0.05) is 31.9 Å². The van der Waals surface area contributed by atoms with Crippen LogP contribution in [0.15, 0.2) is 18.5 Å². The SMILES string of the molecule is CN1CCC(Oc2c3c(nc4ccncc24)O[C@@H]2C[C@@H](C(=O)O)N(C2)C(=O)[C@H](C(C)(C)C)NC(=O)O[C@H]2C[C@@H]2CCCCC3)CC1. The fourth-order valence-corrected chi connectivity index (χ4v) is 6.99. The number of aromatic nitrogens is 2. The Morgan fingerprint density at radius 2 is 1.87 bits per heavy atom. The summed E-state index contributed by atoms with van der Waals surface area (Å²) in [7, 11) is 2.12. The molecule has 46 heavy (non-hydrogen) atoms. The summed E-state index contributed by atoms with van der Waals surface area (Å²) in [6.07, 6.45) is 9.31. The zero-order valence-electron chi connectivity index (χ0n) is 27.4. The molecule has 3 aliphatic heterocycles. The minimum atomic E-state index is -1.12. The quantitative estimate of drug-likeness (QED) is 0.503. The van der Waals surface area contributed by atoms with Crippen molar-refractivity contribution in [1.29, 1.82) is 0 Å². The van der Waals surface area contributed by atoms with Gasteiger partial charge in [-0.05, 0) is 63.0 Å². The first-order valence-electron chi connectivity index (χ1n) is 16.8. The maximum atomic E-state index is 14.0. The van der Waals surface area contributed by atoms with Crippen LogP contribution < -0.4 is 14.8 Å². The third-order valence-electron chi connectivity index (χ3n) is 9.85. The molecule has 2 aromatic rings. The lowest BCUT2D eigenvalue weighted by Gasteiger charge is -2.34. The summed E-state index contributed by atoms with van der Waals surface area (Å²) in [5.41, 5.74) is 0.864. The number of fused-ring (bicyclic) bond motifs is 5. The average Bonchev–Trinajstić information content (AvgIpc) is 3.59. The van der Waals surface area contributed by atoms with E-state index in [9.17, 15) is 19.5 Å². The van der Waals surface area contributed by atoms with Crippen LogP contribution in [0, 0.1) is 11.3 Å². The number of alkyl carbamates (subject to hydrolysis) is 1. The van der Waals surface area contributed by atoms with Crippen molar-refractivity contribution in [2.75, 3.05) is 26.7 Å². The van der Waals surface area contributed by atoms with Crippen molar-refractivity contribution in [3.8, 4) is 11.6 Å². The Hall–Kier alpha value is -3.67. The highest BCUT2D eigenvalue weighted by molar-refractivity contribution is 5.90. The first-order chi connectivity index (χ1) is 22.0. The Balaban J connectivity index is 1.36. The Morgan fingerprint density at radius 1 is 1.09 bits per heavy atom. The molecule has 5 heterocycles. The van der Waals surface area contributed by atoms with E-state index >= 15 is 0 Å². The number of aliphatic carboxylic acids is 1. The zero-order chi connectivity index (χ0) is 32.6. The molecule has 2 amide bonds. The molecule has 0 unspecified atom stereocenters. The lowest BCUT2D eigenvalue weighted by atomic mass is 9.85. The second-order valence-corrected chi connectivity index (χ2v) is 14.5. The van der Waals surface area contributed by atoms with Gasteiger partial charge < -0.3 is 34.4 Å². The van der Waals surface area contributed by atoms with Gasteiger partial charge >= 0.3 is 12.1 Å². The number of carbonyl (C=O) groups excluding carboxylic acids is 2. The number of pyridine rings is 2. The molecule has 1 saturated carbocycles. The number of carboxylic acid groups (broad SMARTS) is 1. The van der Waals surface area contributed by atoms with Gasteiger partial charge in [-0.15, -0.1) is 0 Å². The number of hydrogen-bond acceptors (Lipinski definition) is 9. The third kappa shape index (κ3) is 7.16. The highest BCUT2D eigenvalue weighted by Crippen LogP contribution is 2.41. The molecular weight excluding hydrogens is 590 g/mol. The van der Waals surface area contributed by atoms with Gasteiger partial charge in [-0.1, -0.05) is 33.6 Å². The molecule has 2 N–H and O–H groups in total. The number of carboxylic acids is 1. The maximum absolute atomic E-state index is 14.0. The van der Waals surface area contributed by atoms with E-state index in [0.717, 1.165) is 74.7 Å². The number of ether oxygens (including phenoxy) is 3. The van der Waals surface area contributed by atoms with Crippen LogP contribution in [0.4, 0.5) is 4.79 Å². The molecule has 0 aromatic carbocycles. The molecular formula is C34H47N5O7. The van der Waals surface area contributed by atoms with Crippen LogP contribution in [0.5, 0.6) is 11.6 Å². The van der Waals surface area contributed by atoms with Crippen molar-refractivity contribution in [3.63, 3.8) is 0 Å². The monoisotopic (exact) mass is 637 g/mol. The van der Waals surface area contributed by atoms with Crippen molar-refractivity contribution in [1.82, 2.24) is 25.1 Å². The Labute approximate surface area is 270 Å². The molecule has 12 nitrogen and oxygen atoms in total. The minimum Gasteiger partial charge on any atom is -0.489 e. The molecule has 0 spiro atoms. The number of piperidine rings is 1. The molecule has 3 fully saturated rings. The summed E-state index contributed by atoms with van der Waals surface area (Å²) < 4.78 is 19.1. The predicted octanol–water partition coefficient (Wildman–Crippen LogP) is 4.18. The van der Waals surface area contributed by atoms with E-state index in [4.69, 9.17) is 19.2 Å². The highest BCUT2D eigenvalue weighted by atomic mass is 16.6. The van der Waals surface area contributed by atoms with E-state index in [1.165, 1.54) is 4.90 Å². The molecule has 5 atom stereocenters. The Kier molecular flexibility index (Phi) is 9.27. The second-order valence-electron chi connectivity index (χ2n) is 14.5. The smallest absolute Gasteiger partial charge is 0.408 e. The number of rotatable bonds is 3. The van der Waals surface area contributed by atoms with Gasteiger partial charge in [0.15, 0.2) is 0 Å². The summed E-state index contributed by atoms with van der Waals surface area (Å²) >= 11 is 0. The van der Waals surface area contributed by atoms with Gasteiger partial charge in [0.2, 0.25) is 11.8 Å². The van der Waals surface area contributed by atoms with Gasteiger partial charge in [-0.3, -0.25) is 9.78 Å². The molecule has 4 aliphatic rings. The van der Waals surface area contributed by atoms with Gasteiger partial charge in [0.05, 0.1) is 23.0 Å². The van der Waals surface area contributed by atoms with Gasteiger partial charge in [0.25, 0.3) is 0 Å². The number of nitrogens with one attached hydrogen (secondary N) is 1. The molecule has 12 heteroatoms. The molecule has 2 bridgehead atoms. The highest BCUT2D eigenvalue weighted by Gasteiger charge is 2.47. The van der Waals surface area contributed by atoms with Gasteiger partial charge in [-0.2, -0.15) is 0 Å². The van der Waals surface area contributed by atoms with Crippen molar-refractivity contribution in [3.05, 3.63) is 24.0 Å². The molecule has 250 valence electrons. The standard InChI is InChI=1S/C34H47N5O7/c1-34(2,3)29-31(40)39-19-22(17-26(39)32(41)42)45-30-23(9-7-5-6-8-20-16-27(20)46-33(43)37-29)28(24-18-35-13-10-25(24)36-30)44-21-11-14-38(4)15-12-21/h10,13,18,20-22,26-27,29H,5-9,11-12,14-17,19H2,1-4H3,(H,37,43)(H,41,42)/t20-,22+,26-,27-,29+/m0/s1.